The van der Waals surface area contributed by atoms with E-state index >= 15 is 0 Å². The van der Waals surface area contributed by atoms with E-state index < -0.39 is 0 Å². The van der Waals surface area contributed by atoms with Crippen molar-refractivity contribution >= 4 is 0 Å². The summed E-state index contributed by atoms with van der Waals surface area (Å²) in [5.41, 5.74) is 8.62. The molecule has 0 radical (unpaired) electrons. The van der Waals surface area contributed by atoms with E-state index in [9.17, 15) is 0 Å². The molecule has 1 aliphatic heterocycles. The van der Waals surface area contributed by atoms with Crippen LogP contribution < -0.4 is 15.6 Å². The van der Waals surface area contributed by atoms with Crippen molar-refractivity contribution in [2.45, 2.75) is 25.4 Å². The van der Waals surface area contributed by atoms with Crippen LogP contribution in [0.2, 0.25) is 0 Å². The van der Waals surface area contributed by atoms with Crippen molar-refractivity contribution in [3.05, 3.63) is 66.1 Å². The predicted molar refractivity (Wildman–Crippen MR) is 93.7 cm³/mol. The molecular formula is C19H20N4O2. The summed E-state index contributed by atoms with van der Waals surface area (Å²) < 4.78 is 11.2. The molecule has 6 nitrogen and oxygen atoms in total. The van der Waals surface area contributed by atoms with E-state index in [1.807, 2.05) is 49.4 Å². The van der Waals surface area contributed by atoms with Gasteiger partial charge in [-0.15, -0.1) is 0 Å². The number of ether oxygens (including phenoxy) is 1. The minimum atomic E-state index is -0.0225. The maximum absolute atomic E-state index is 5.65. The van der Waals surface area contributed by atoms with Crippen molar-refractivity contribution in [2.75, 3.05) is 6.61 Å². The van der Waals surface area contributed by atoms with Crippen molar-refractivity contribution in [3.63, 3.8) is 0 Å². The van der Waals surface area contributed by atoms with Gasteiger partial charge in [0.05, 0.1) is 12.2 Å². The Kier molecular flexibility index (Phi) is 4.45. The summed E-state index contributed by atoms with van der Waals surface area (Å²) in [7, 11) is 0. The van der Waals surface area contributed by atoms with Crippen LogP contribution in [0.1, 0.15) is 36.9 Å². The Labute approximate surface area is 146 Å². The van der Waals surface area contributed by atoms with Crippen LogP contribution in [-0.2, 0) is 0 Å². The fraction of sp³-hybridized carbons (Fsp3) is 0.263. The molecule has 0 amide bonds. The number of hydrogen-bond acceptors (Lipinski definition) is 6. The molecule has 1 saturated heterocycles. The number of rotatable bonds is 5. The van der Waals surface area contributed by atoms with Crippen LogP contribution >= 0.6 is 0 Å². The molecule has 6 heteroatoms. The molecule has 1 fully saturated rings. The first kappa shape index (κ1) is 15.8. The zero-order valence-corrected chi connectivity index (χ0v) is 14.0. The molecule has 2 unspecified atom stereocenters. The summed E-state index contributed by atoms with van der Waals surface area (Å²) in [6, 6.07) is 18.2. The lowest BCUT2D eigenvalue weighted by atomic mass is 10.0. The Morgan fingerprint density at radius 1 is 1.04 bits per heavy atom. The number of nitrogens with one attached hydrogen (secondary N) is 2. The van der Waals surface area contributed by atoms with Crippen molar-refractivity contribution in [3.8, 4) is 17.1 Å². The lowest BCUT2D eigenvalue weighted by molar-refractivity contribution is 0.336. The Bertz CT molecular complexity index is 834. The number of benzene rings is 2. The van der Waals surface area contributed by atoms with Gasteiger partial charge in [0, 0.05) is 6.04 Å². The molecule has 2 heterocycles. The molecule has 2 N–H and O–H groups in total. The average Bonchev–Trinajstić information content (AvgIpc) is 3.33. The van der Waals surface area contributed by atoms with Gasteiger partial charge < -0.3 is 9.26 Å². The smallest absolute Gasteiger partial charge is 0.245 e. The first-order valence-electron chi connectivity index (χ1n) is 8.47. The fourth-order valence-corrected chi connectivity index (χ4v) is 3.04. The second-order valence-electron chi connectivity index (χ2n) is 5.93. The molecule has 0 aliphatic carbocycles. The summed E-state index contributed by atoms with van der Waals surface area (Å²) in [4.78, 5) is 4.57. The van der Waals surface area contributed by atoms with Gasteiger partial charge in [-0.2, -0.15) is 4.98 Å². The summed E-state index contributed by atoms with van der Waals surface area (Å²) in [6.45, 7) is 2.55. The molecule has 2 aromatic carbocycles. The van der Waals surface area contributed by atoms with Gasteiger partial charge in [0.25, 0.3) is 0 Å². The second-order valence-corrected chi connectivity index (χ2v) is 5.93. The quantitative estimate of drug-likeness (QED) is 0.744. The number of aromatic nitrogens is 2. The van der Waals surface area contributed by atoms with Gasteiger partial charge in [-0.1, -0.05) is 47.6 Å². The Morgan fingerprint density at radius 3 is 2.64 bits per heavy atom. The molecule has 1 aliphatic rings. The van der Waals surface area contributed by atoms with Crippen molar-refractivity contribution in [1.82, 2.24) is 21.0 Å². The predicted octanol–water partition coefficient (Wildman–Crippen LogP) is 3.42. The Hall–Kier alpha value is -2.70. The van der Waals surface area contributed by atoms with Crippen LogP contribution in [0.4, 0.5) is 0 Å². The molecule has 4 rings (SSSR count). The zero-order chi connectivity index (χ0) is 17.1. The minimum Gasteiger partial charge on any atom is -0.493 e. The number of para-hydroxylation sites is 1. The zero-order valence-electron chi connectivity index (χ0n) is 14.0. The highest BCUT2D eigenvalue weighted by Gasteiger charge is 2.30. The minimum absolute atomic E-state index is 0.0225. The van der Waals surface area contributed by atoms with Crippen LogP contribution in [0.3, 0.4) is 0 Å². The number of hydrogen-bond donors (Lipinski definition) is 2. The summed E-state index contributed by atoms with van der Waals surface area (Å²) in [6.07, 6.45) is 0.846. The normalized spacial score (nSPS) is 19.9. The third kappa shape index (κ3) is 3.26. The maximum atomic E-state index is 5.65. The summed E-state index contributed by atoms with van der Waals surface area (Å²) in [5, 5.41) is 4.14. The van der Waals surface area contributed by atoms with Gasteiger partial charge in [-0.3, -0.25) is 0 Å². The lowest BCUT2D eigenvalue weighted by Gasteiger charge is -2.08. The number of hydrazine groups is 1. The van der Waals surface area contributed by atoms with Gasteiger partial charge in [0.1, 0.15) is 11.8 Å². The molecule has 1 aromatic heterocycles. The third-order valence-corrected chi connectivity index (χ3v) is 4.27. The van der Waals surface area contributed by atoms with E-state index in [0.717, 1.165) is 17.7 Å². The van der Waals surface area contributed by atoms with E-state index in [2.05, 4.69) is 33.1 Å². The van der Waals surface area contributed by atoms with Gasteiger partial charge in [-0.05, 0) is 31.0 Å². The summed E-state index contributed by atoms with van der Waals surface area (Å²) >= 11 is 0. The Morgan fingerprint density at radius 2 is 1.80 bits per heavy atom. The number of nitrogens with zero attached hydrogens (tertiary/aromatic N) is 2. The standard InChI is InChI=1S/C19H20N4O2/c1-2-24-17-11-7-6-10-14(17)18-20-19(25-23-18)16-12-15(21-22-16)13-8-4-3-5-9-13/h3-11,15-16,21-22H,2,12H2,1H3. The second kappa shape index (κ2) is 7.04. The van der Waals surface area contributed by atoms with Gasteiger partial charge in [0.15, 0.2) is 0 Å². The molecule has 3 aromatic rings. The highest BCUT2D eigenvalue weighted by molar-refractivity contribution is 5.63. The molecule has 25 heavy (non-hydrogen) atoms. The topological polar surface area (TPSA) is 72.2 Å². The van der Waals surface area contributed by atoms with Crippen LogP contribution in [0.15, 0.2) is 59.1 Å². The van der Waals surface area contributed by atoms with Crippen LogP contribution in [0.25, 0.3) is 11.4 Å². The third-order valence-electron chi connectivity index (χ3n) is 4.27. The lowest BCUT2D eigenvalue weighted by Crippen LogP contribution is -2.26. The first-order valence-corrected chi connectivity index (χ1v) is 8.47. The van der Waals surface area contributed by atoms with Crippen LogP contribution in [0, 0.1) is 0 Å². The van der Waals surface area contributed by atoms with E-state index in [-0.39, 0.29) is 12.1 Å². The van der Waals surface area contributed by atoms with Crippen molar-refractivity contribution in [2.24, 2.45) is 0 Å². The molecule has 0 bridgehead atoms. The van der Waals surface area contributed by atoms with Crippen LogP contribution in [-0.4, -0.2) is 16.7 Å². The molecule has 0 saturated carbocycles. The highest BCUT2D eigenvalue weighted by Crippen LogP contribution is 2.32. The molecule has 0 spiro atoms. The molecule has 2 atom stereocenters. The SMILES string of the molecule is CCOc1ccccc1-c1noc(C2CC(c3ccccc3)NN2)n1. The van der Waals surface area contributed by atoms with Gasteiger partial charge >= 0.3 is 0 Å². The van der Waals surface area contributed by atoms with Gasteiger partial charge in [-0.25, -0.2) is 10.9 Å². The van der Waals surface area contributed by atoms with E-state index in [1.54, 1.807) is 0 Å². The maximum Gasteiger partial charge on any atom is 0.245 e. The van der Waals surface area contributed by atoms with Gasteiger partial charge in [0.2, 0.25) is 11.7 Å². The van der Waals surface area contributed by atoms with E-state index in [0.29, 0.717) is 18.3 Å². The first-order chi connectivity index (χ1) is 12.3. The largest absolute Gasteiger partial charge is 0.493 e. The summed E-state index contributed by atoms with van der Waals surface area (Å²) in [5.74, 6) is 1.88. The average molecular weight is 336 g/mol. The van der Waals surface area contributed by atoms with E-state index in [4.69, 9.17) is 9.26 Å². The Balaban J connectivity index is 1.53. The monoisotopic (exact) mass is 336 g/mol. The van der Waals surface area contributed by atoms with Crippen LogP contribution in [0.5, 0.6) is 5.75 Å². The van der Waals surface area contributed by atoms with E-state index in [1.165, 1.54) is 5.56 Å². The fourth-order valence-electron chi connectivity index (χ4n) is 3.04. The van der Waals surface area contributed by atoms with Crippen molar-refractivity contribution in [1.29, 1.82) is 0 Å². The molecular weight excluding hydrogens is 316 g/mol. The molecule has 128 valence electrons. The van der Waals surface area contributed by atoms with Crippen molar-refractivity contribution < 1.29 is 9.26 Å². The highest BCUT2D eigenvalue weighted by atomic mass is 16.5.